The van der Waals surface area contributed by atoms with Crippen molar-refractivity contribution >= 4 is 23.5 Å². The number of carbonyl (C=O) groups is 4. The number of esters is 2. The smallest absolute Gasteiger partial charge is 0.320 e. The van der Waals surface area contributed by atoms with Crippen molar-refractivity contribution in [2.75, 3.05) is 14.2 Å². The minimum atomic E-state index is -1.33. The molecule has 0 aliphatic heterocycles. The summed E-state index contributed by atoms with van der Waals surface area (Å²) >= 11 is 0. The van der Waals surface area contributed by atoms with Crippen LogP contribution in [0.1, 0.15) is 80.1 Å². The van der Waals surface area contributed by atoms with Gasteiger partial charge in [-0.3, -0.25) is 19.2 Å². The average molecular weight is 541 g/mol. The van der Waals surface area contributed by atoms with Crippen LogP contribution < -0.4 is 0 Å². The Labute approximate surface area is 231 Å². The minimum Gasteiger partial charge on any atom is -0.468 e. The van der Waals surface area contributed by atoms with E-state index in [1.165, 1.54) is 14.2 Å². The van der Waals surface area contributed by atoms with Gasteiger partial charge in [-0.1, -0.05) is 47.1 Å². The van der Waals surface area contributed by atoms with Gasteiger partial charge in [0.25, 0.3) is 0 Å². The van der Waals surface area contributed by atoms with Crippen LogP contribution in [0.5, 0.6) is 0 Å². The second kappa shape index (κ2) is 8.86. The molecule has 0 amide bonds. The van der Waals surface area contributed by atoms with E-state index in [2.05, 4.69) is 6.92 Å². The zero-order chi connectivity index (χ0) is 28.9. The van der Waals surface area contributed by atoms with E-state index in [0.717, 1.165) is 24.0 Å². The Morgan fingerprint density at radius 3 is 1.90 bits per heavy atom. The van der Waals surface area contributed by atoms with Crippen molar-refractivity contribution in [1.29, 1.82) is 0 Å². The molecule has 0 aromatic heterocycles. The van der Waals surface area contributed by atoms with Gasteiger partial charge in [0.15, 0.2) is 11.6 Å². The monoisotopic (exact) mass is 540 g/mol. The lowest BCUT2D eigenvalue weighted by atomic mass is 9.46. The Hall–Kier alpha value is -2.28. The van der Waals surface area contributed by atoms with Gasteiger partial charge in [-0.2, -0.15) is 0 Å². The van der Waals surface area contributed by atoms with E-state index in [1.807, 2.05) is 34.6 Å². The molecule has 0 heterocycles. The van der Waals surface area contributed by atoms with E-state index in [0.29, 0.717) is 31.3 Å². The van der Waals surface area contributed by atoms with Crippen LogP contribution in [0.3, 0.4) is 0 Å². The molecule has 0 aromatic rings. The quantitative estimate of drug-likeness (QED) is 0.412. The summed E-state index contributed by atoms with van der Waals surface area (Å²) in [5.41, 5.74) is -1.87. The molecule has 7 heteroatoms. The molecule has 0 spiro atoms. The number of ketones is 2. The number of aliphatic hydroxyl groups is 1. The van der Waals surface area contributed by atoms with Gasteiger partial charge < -0.3 is 14.6 Å². The van der Waals surface area contributed by atoms with Crippen molar-refractivity contribution in [3.05, 3.63) is 22.8 Å². The van der Waals surface area contributed by atoms with Crippen LogP contribution in [0.2, 0.25) is 0 Å². The Morgan fingerprint density at radius 2 is 1.33 bits per heavy atom. The van der Waals surface area contributed by atoms with Gasteiger partial charge in [0.1, 0.15) is 10.8 Å². The molecule has 0 aromatic carbocycles. The normalized spacial score (nSPS) is 47.3. The van der Waals surface area contributed by atoms with E-state index in [-0.39, 0.29) is 35.2 Å². The Balaban J connectivity index is 1.73. The first-order valence-corrected chi connectivity index (χ1v) is 14.6. The first kappa shape index (κ1) is 28.3. The molecule has 39 heavy (non-hydrogen) atoms. The average Bonchev–Trinajstić information content (AvgIpc) is 3.36. The molecule has 0 unspecified atom stereocenters. The van der Waals surface area contributed by atoms with Gasteiger partial charge in [-0.25, -0.2) is 0 Å². The molecule has 2 saturated carbocycles. The molecule has 10 atom stereocenters. The molecule has 0 saturated heterocycles. The Bertz CT molecular complexity index is 1210. The molecular weight excluding hydrogens is 496 g/mol. The van der Waals surface area contributed by atoms with Crippen molar-refractivity contribution in [3.63, 3.8) is 0 Å². The molecule has 214 valence electrons. The highest BCUT2D eigenvalue weighted by Crippen LogP contribution is 2.69. The van der Waals surface area contributed by atoms with Crippen LogP contribution in [-0.2, 0) is 28.7 Å². The third-order valence-electron chi connectivity index (χ3n) is 12.8. The second-order valence-corrected chi connectivity index (χ2v) is 13.6. The summed E-state index contributed by atoms with van der Waals surface area (Å²) in [4.78, 5) is 55.9. The van der Waals surface area contributed by atoms with E-state index in [1.54, 1.807) is 6.08 Å². The highest BCUT2D eigenvalue weighted by molar-refractivity contribution is 6.16. The summed E-state index contributed by atoms with van der Waals surface area (Å²) in [6.07, 6.45) is 4.67. The van der Waals surface area contributed by atoms with Gasteiger partial charge in [0.2, 0.25) is 0 Å². The standard InChI is InChI=1S/C32H44O7/c1-16-11-13-29(5)18(3)21(15-23(34)31(16,29)27(36)38-7)20-9-10-22(33)24-19(4)30(6)14-12-17(2)32(30,28(37)39-8)26(35)25(20)24/h15-20,22,33H,9-14H2,1-8H3/t16-,17-,18-,19-,20+,22-,29+,30+,31-,32-/m1/s1. The van der Waals surface area contributed by atoms with Crippen LogP contribution in [-0.4, -0.2) is 48.9 Å². The maximum absolute atomic E-state index is 14.8. The van der Waals surface area contributed by atoms with Crippen molar-refractivity contribution in [3.8, 4) is 0 Å². The fourth-order valence-electron chi connectivity index (χ4n) is 10.4. The molecule has 5 rings (SSSR count). The third kappa shape index (κ3) is 2.98. The first-order chi connectivity index (χ1) is 18.2. The molecule has 5 aliphatic rings. The van der Waals surface area contributed by atoms with Gasteiger partial charge >= 0.3 is 11.9 Å². The van der Waals surface area contributed by atoms with E-state index < -0.39 is 45.6 Å². The lowest BCUT2D eigenvalue weighted by Crippen LogP contribution is -2.61. The largest absolute Gasteiger partial charge is 0.468 e. The highest BCUT2D eigenvalue weighted by atomic mass is 16.5. The summed E-state index contributed by atoms with van der Waals surface area (Å²) < 4.78 is 10.6. The Kier molecular flexibility index (Phi) is 6.42. The molecular formula is C32H44O7. The van der Waals surface area contributed by atoms with Crippen molar-refractivity contribution in [1.82, 2.24) is 0 Å². The third-order valence-corrected chi connectivity index (χ3v) is 12.8. The molecule has 1 N–H and O–H groups in total. The van der Waals surface area contributed by atoms with Gasteiger partial charge in [-0.05, 0) is 84.7 Å². The van der Waals surface area contributed by atoms with Crippen LogP contribution in [0.25, 0.3) is 0 Å². The second-order valence-electron chi connectivity index (χ2n) is 13.6. The zero-order valence-corrected chi connectivity index (χ0v) is 24.7. The minimum absolute atomic E-state index is 0.162. The summed E-state index contributed by atoms with van der Waals surface area (Å²) in [7, 11) is 2.68. The Morgan fingerprint density at radius 1 is 0.821 bits per heavy atom. The fraction of sp³-hybridized carbons (Fsp3) is 0.750. The number of carbonyl (C=O) groups excluding carboxylic acids is 4. The number of rotatable bonds is 3. The SMILES string of the molecule is COC(=O)[C@@]12C(=O)C3=C([C@H](O)CC[C@H]3C3=CC(=O)[C@@]4(C(=O)OC)[C@H](C)CC[C@@]4(C)[C@@H]3C)[C@@H](C)[C@]1(C)CC[C@H]2C. The number of allylic oxidation sites excluding steroid dienone is 3. The van der Waals surface area contributed by atoms with Crippen molar-refractivity contribution in [2.45, 2.75) is 86.2 Å². The van der Waals surface area contributed by atoms with Gasteiger partial charge in [0.05, 0.1) is 20.3 Å². The van der Waals surface area contributed by atoms with E-state index >= 15 is 0 Å². The number of ether oxygens (including phenoxy) is 2. The molecule has 0 bridgehead atoms. The maximum atomic E-state index is 14.8. The molecule has 0 radical (unpaired) electrons. The molecule has 2 fully saturated rings. The number of Topliss-reactive ketones (excluding diaryl/α,β-unsaturated/α-hetero) is 1. The number of fused-ring (bicyclic) bond motifs is 2. The van der Waals surface area contributed by atoms with Crippen LogP contribution in [0.15, 0.2) is 22.8 Å². The van der Waals surface area contributed by atoms with Gasteiger partial charge in [0, 0.05) is 11.5 Å². The molecule has 5 aliphatic carbocycles. The number of hydrogen-bond donors (Lipinski definition) is 1. The first-order valence-electron chi connectivity index (χ1n) is 14.6. The van der Waals surface area contributed by atoms with Crippen molar-refractivity contribution in [2.24, 2.45) is 51.2 Å². The summed E-state index contributed by atoms with van der Waals surface area (Å²) in [5.74, 6) is -2.64. The number of methoxy groups -OCH3 is 2. The zero-order valence-electron chi connectivity index (χ0n) is 24.7. The topological polar surface area (TPSA) is 107 Å². The summed E-state index contributed by atoms with van der Waals surface area (Å²) in [6, 6.07) is 0. The predicted octanol–water partition coefficient (Wildman–Crippen LogP) is 4.61. The van der Waals surface area contributed by atoms with Crippen molar-refractivity contribution < 1.29 is 33.8 Å². The lowest BCUT2D eigenvalue weighted by Gasteiger charge is -2.55. The van der Waals surface area contributed by atoms with E-state index in [4.69, 9.17) is 9.47 Å². The summed E-state index contributed by atoms with van der Waals surface area (Å²) in [6.45, 7) is 12.0. The van der Waals surface area contributed by atoms with Crippen LogP contribution >= 0.6 is 0 Å². The predicted molar refractivity (Wildman–Crippen MR) is 144 cm³/mol. The number of hydrogen-bond acceptors (Lipinski definition) is 7. The van der Waals surface area contributed by atoms with Gasteiger partial charge in [-0.15, -0.1) is 0 Å². The van der Waals surface area contributed by atoms with Crippen LogP contribution in [0, 0.1) is 51.2 Å². The fourth-order valence-corrected chi connectivity index (χ4v) is 10.4. The maximum Gasteiger partial charge on any atom is 0.320 e. The number of aliphatic hydroxyl groups excluding tert-OH is 1. The van der Waals surface area contributed by atoms with Crippen LogP contribution in [0.4, 0.5) is 0 Å². The highest BCUT2D eigenvalue weighted by Gasteiger charge is 2.73. The molecule has 7 nitrogen and oxygen atoms in total. The van der Waals surface area contributed by atoms with E-state index in [9.17, 15) is 24.3 Å². The summed E-state index contributed by atoms with van der Waals surface area (Å²) in [5, 5.41) is 11.3. The lowest BCUT2D eigenvalue weighted by molar-refractivity contribution is -0.173.